The highest BCUT2D eigenvalue weighted by molar-refractivity contribution is 6.00. The largest absolute Gasteiger partial charge is 0.376 e. The van der Waals surface area contributed by atoms with Crippen molar-refractivity contribution in [2.45, 2.75) is 38.2 Å². The number of anilines is 1. The molecule has 2 aliphatic rings. The Hall–Kier alpha value is -2.21. The molecule has 1 aromatic carbocycles. The molecule has 0 unspecified atom stereocenters. The highest BCUT2D eigenvalue weighted by atomic mass is 16.5. The number of rotatable bonds is 4. The minimum absolute atomic E-state index is 0.0640. The monoisotopic (exact) mass is 340 g/mol. The first-order chi connectivity index (χ1) is 12.3. The summed E-state index contributed by atoms with van der Waals surface area (Å²) in [4.78, 5) is 23.7. The van der Waals surface area contributed by atoms with E-state index in [1.54, 1.807) is 6.33 Å². The molecule has 2 aromatic rings. The van der Waals surface area contributed by atoms with E-state index in [1.165, 1.54) is 19.3 Å². The molecule has 0 radical (unpaired) electrons. The number of aromatic nitrogens is 2. The van der Waals surface area contributed by atoms with Gasteiger partial charge in [0.25, 0.3) is 5.91 Å². The summed E-state index contributed by atoms with van der Waals surface area (Å²) in [5.41, 5.74) is 1.53. The Kier molecular flexibility index (Phi) is 4.78. The molecule has 2 saturated heterocycles. The normalized spacial score (nSPS) is 20.8. The number of carbonyl (C=O) groups excluding carboxylic acids is 1. The smallest absolute Gasteiger partial charge is 0.251 e. The van der Waals surface area contributed by atoms with Crippen LogP contribution in [0.3, 0.4) is 0 Å². The van der Waals surface area contributed by atoms with Gasteiger partial charge in [-0.1, -0.05) is 0 Å². The molecule has 3 heterocycles. The second kappa shape index (κ2) is 7.35. The van der Waals surface area contributed by atoms with Crippen molar-refractivity contribution in [1.29, 1.82) is 0 Å². The van der Waals surface area contributed by atoms with Crippen LogP contribution in [0.1, 0.15) is 42.5 Å². The van der Waals surface area contributed by atoms with Gasteiger partial charge >= 0.3 is 0 Å². The van der Waals surface area contributed by atoms with Gasteiger partial charge in [-0.05, 0) is 50.3 Å². The fraction of sp³-hybridized carbons (Fsp3) is 0.526. The molecule has 25 heavy (non-hydrogen) atoms. The maximum Gasteiger partial charge on any atom is 0.251 e. The quantitative estimate of drug-likeness (QED) is 0.926. The molecule has 0 spiro atoms. The van der Waals surface area contributed by atoms with E-state index >= 15 is 0 Å². The molecule has 2 aliphatic heterocycles. The Morgan fingerprint density at radius 2 is 2.08 bits per heavy atom. The van der Waals surface area contributed by atoms with Crippen LogP contribution in [0, 0.1) is 0 Å². The lowest BCUT2D eigenvalue weighted by atomic mass is 10.1. The summed E-state index contributed by atoms with van der Waals surface area (Å²) in [6.07, 6.45) is 7.51. The SMILES string of the molecule is O=C(NC[C@@H]1CCCO1)c1ccc2ncnc(N3CCCCC3)c2c1. The lowest BCUT2D eigenvalue weighted by Gasteiger charge is -2.28. The minimum atomic E-state index is -0.0640. The van der Waals surface area contributed by atoms with Crippen molar-refractivity contribution in [3.05, 3.63) is 30.1 Å². The number of carbonyl (C=O) groups is 1. The third-order valence-corrected chi connectivity index (χ3v) is 5.05. The molecular formula is C19H24N4O2. The number of nitrogens with zero attached hydrogens (tertiary/aromatic N) is 3. The van der Waals surface area contributed by atoms with Crippen molar-refractivity contribution in [3.63, 3.8) is 0 Å². The van der Waals surface area contributed by atoms with Gasteiger partial charge in [-0.15, -0.1) is 0 Å². The van der Waals surface area contributed by atoms with Gasteiger partial charge in [0.1, 0.15) is 12.1 Å². The molecule has 0 aliphatic carbocycles. The molecule has 0 bridgehead atoms. The van der Waals surface area contributed by atoms with E-state index in [4.69, 9.17) is 4.74 Å². The lowest BCUT2D eigenvalue weighted by molar-refractivity contribution is 0.0858. The van der Waals surface area contributed by atoms with Gasteiger partial charge in [-0.25, -0.2) is 9.97 Å². The Bertz CT molecular complexity index is 752. The molecular weight excluding hydrogens is 316 g/mol. The third-order valence-electron chi connectivity index (χ3n) is 5.05. The second-order valence-electron chi connectivity index (χ2n) is 6.82. The molecule has 1 aromatic heterocycles. The molecule has 1 N–H and O–H groups in total. The van der Waals surface area contributed by atoms with Crippen LogP contribution >= 0.6 is 0 Å². The van der Waals surface area contributed by atoms with Crippen molar-refractivity contribution < 1.29 is 9.53 Å². The van der Waals surface area contributed by atoms with Gasteiger partial charge in [0.05, 0.1) is 11.6 Å². The van der Waals surface area contributed by atoms with E-state index < -0.39 is 0 Å². The predicted octanol–water partition coefficient (Wildman–Crippen LogP) is 2.53. The lowest BCUT2D eigenvalue weighted by Crippen LogP contribution is -2.32. The summed E-state index contributed by atoms with van der Waals surface area (Å²) >= 11 is 0. The number of benzene rings is 1. The topological polar surface area (TPSA) is 67.3 Å². The number of fused-ring (bicyclic) bond motifs is 1. The first kappa shape index (κ1) is 16.3. The van der Waals surface area contributed by atoms with E-state index in [0.717, 1.165) is 49.3 Å². The number of nitrogens with one attached hydrogen (secondary N) is 1. The van der Waals surface area contributed by atoms with Crippen LogP contribution in [0.5, 0.6) is 0 Å². The molecule has 132 valence electrons. The maximum atomic E-state index is 12.5. The van der Waals surface area contributed by atoms with Crippen LogP contribution in [0.4, 0.5) is 5.82 Å². The number of hydrogen-bond donors (Lipinski definition) is 1. The van der Waals surface area contributed by atoms with Crippen molar-refractivity contribution in [1.82, 2.24) is 15.3 Å². The van der Waals surface area contributed by atoms with Gasteiger partial charge < -0.3 is 15.0 Å². The van der Waals surface area contributed by atoms with Crippen LogP contribution in [0.15, 0.2) is 24.5 Å². The van der Waals surface area contributed by atoms with Gasteiger partial charge in [0, 0.05) is 37.2 Å². The van der Waals surface area contributed by atoms with Gasteiger partial charge in [-0.2, -0.15) is 0 Å². The summed E-state index contributed by atoms with van der Waals surface area (Å²) in [6, 6.07) is 5.66. The fourth-order valence-corrected chi connectivity index (χ4v) is 3.66. The first-order valence-corrected chi connectivity index (χ1v) is 9.21. The minimum Gasteiger partial charge on any atom is -0.376 e. The molecule has 1 amide bonds. The van der Waals surface area contributed by atoms with Crippen LogP contribution < -0.4 is 10.2 Å². The third kappa shape index (κ3) is 3.58. The summed E-state index contributed by atoms with van der Waals surface area (Å²) in [7, 11) is 0. The molecule has 2 fully saturated rings. The van der Waals surface area contributed by atoms with E-state index in [1.807, 2.05) is 18.2 Å². The van der Waals surface area contributed by atoms with Gasteiger partial charge in [0.2, 0.25) is 0 Å². The van der Waals surface area contributed by atoms with E-state index in [2.05, 4.69) is 20.2 Å². The van der Waals surface area contributed by atoms with Crippen LogP contribution in [0.2, 0.25) is 0 Å². The number of piperidine rings is 1. The summed E-state index contributed by atoms with van der Waals surface area (Å²) in [6.45, 7) is 3.40. The Morgan fingerprint density at radius 3 is 2.88 bits per heavy atom. The number of hydrogen-bond acceptors (Lipinski definition) is 5. The molecule has 6 nitrogen and oxygen atoms in total. The zero-order valence-electron chi connectivity index (χ0n) is 14.4. The van der Waals surface area contributed by atoms with E-state index in [9.17, 15) is 4.79 Å². The van der Waals surface area contributed by atoms with Crippen molar-refractivity contribution in [2.75, 3.05) is 31.1 Å². The standard InChI is InChI=1S/C19H24N4O2/c24-19(20-12-15-5-4-10-25-15)14-6-7-17-16(11-14)18(22-13-21-17)23-8-2-1-3-9-23/h6-7,11,13,15H,1-5,8-10,12H2,(H,20,24)/t15-/m0/s1. The van der Waals surface area contributed by atoms with E-state index in [0.29, 0.717) is 12.1 Å². The molecule has 0 saturated carbocycles. The maximum absolute atomic E-state index is 12.5. The van der Waals surface area contributed by atoms with Crippen LogP contribution in [-0.2, 0) is 4.74 Å². The van der Waals surface area contributed by atoms with Gasteiger partial charge in [0.15, 0.2) is 0 Å². The highest BCUT2D eigenvalue weighted by Crippen LogP contribution is 2.26. The van der Waals surface area contributed by atoms with Crippen molar-refractivity contribution in [2.24, 2.45) is 0 Å². The number of ether oxygens (including phenoxy) is 1. The molecule has 6 heteroatoms. The van der Waals surface area contributed by atoms with Gasteiger partial charge in [-0.3, -0.25) is 4.79 Å². The summed E-state index contributed by atoms with van der Waals surface area (Å²) in [5.74, 6) is 0.879. The molecule has 1 atom stereocenters. The Balaban J connectivity index is 1.56. The van der Waals surface area contributed by atoms with Crippen LogP contribution in [0.25, 0.3) is 10.9 Å². The summed E-state index contributed by atoms with van der Waals surface area (Å²) in [5, 5.41) is 3.94. The molecule has 4 rings (SSSR count). The number of amides is 1. The second-order valence-corrected chi connectivity index (χ2v) is 6.82. The highest BCUT2D eigenvalue weighted by Gasteiger charge is 2.19. The van der Waals surface area contributed by atoms with E-state index in [-0.39, 0.29) is 12.0 Å². The van der Waals surface area contributed by atoms with Crippen molar-refractivity contribution >= 4 is 22.6 Å². The Morgan fingerprint density at radius 1 is 1.20 bits per heavy atom. The predicted molar refractivity (Wildman–Crippen MR) is 96.9 cm³/mol. The first-order valence-electron chi connectivity index (χ1n) is 9.21. The zero-order valence-corrected chi connectivity index (χ0v) is 14.4. The Labute approximate surface area is 147 Å². The zero-order chi connectivity index (χ0) is 17.1. The average molecular weight is 340 g/mol. The summed E-state index contributed by atoms with van der Waals surface area (Å²) < 4.78 is 5.57. The average Bonchev–Trinajstić information content (AvgIpc) is 3.19. The van der Waals surface area contributed by atoms with Crippen LogP contribution in [-0.4, -0.2) is 48.2 Å². The van der Waals surface area contributed by atoms with Crippen molar-refractivity contribution in [3.8, 4) is 0 Å². The fourth-order valence-electron chi connectivity index (χ4n) is 3.66.